The van der Waals surface area contributed by atoms with Crippen molar-refractivity contribution in [3.05, 3.63) is 65.7 Å². The lowest BCUT2D eigenvalue weighted by atomic mass is 10.2. The molecule has 21 heavy (non-hydrogen) atoms. The lowest BCUT2D eigenvalue weighted by Gasteiger charge is -2.27. The van der Waals surface area contributed by atoms with Gasteiger partial charge in [0.1, 0.15) is 12.4 Å². The van der Waals surface area contributed by atoms with Crippen molar-refractivity contribution >= 4 is 21.3 Å². The first-order chi connectivity index (χ1) is 10.2. The maximum Gasteiger partial charge on any atom is 0.121 e. The molecule has 1 aliphatic heterocycles. The number of rotatable bonds is 4. The number of ether oxygens (including phenoxy) is 1. The van der Waals surface area contributed by atoms with Gasteiger partial charge in [-0.15, -0.1) is 0 Å². The normalized spacial score (nSPS) is 22.9. The first-order valence-corrected chi connectivity index (χ1v) is 8.88. The number of benzene rings is 2. The van der Waals surface area contributed by atoms with Crippen LogP contribution in [0.25, 0.3) is 0 Å². The number of nitrogens with two attached hydrogens (primary N) is 1. The first-order valence-electron chi connectivity index (χ1n) is 6.72. The average molecular weight is 298 g/mol. The molecule has 1 heterocycles. The Bertz CT molecular complexity index is 683. The maximum absolute atomic E-state index is 6.13. The Labute approximate surface area is 126 Å². The second-order valence-corrected chi connectivity index (χ2v) is 8.08. The number of nitrogens with zero attached hydrogens (tertiary/aromatic N) is 1. The van der Waals surface area contributed by atoms with E-state index in [1.54, 1.807) is 0 Å². The number of hydrogen-bond donors (Lipinski definition) is 1. The quantitative estimate of drug-likeness (QED) is 0.862. The minimum absolute atomic E-state index is 0.556. The minimum atomic E-state index is -1.20. The summed E-state index contributed by atoms with van der Waals surface area (Å²) in [7, 11) is -1.20. The van der Waals surface area contributed by atoms with Crippen molar-refractivity contribution in [1.82, 2.24) is 0 Å². The van der Waals surface area contributed by atoms with Crippen molar-refractivity contribution in [2.75, 3.05) is 12.0 Å². The fourth-order valence-electron chi connectivity index (χ4n) is 2.21. The van der Waals surface area contributed by atoms with Gasteiger partial charge in [-0.3, -0.25) is 4.99 Å². The average Bonchev–Trinajstić information content (AvgIpc) is 2.95. The molecular formula is C17H18N2OS. The molecular weight excluding hydrogens is 280 g/mol. The molecule has 0 saturated heterocycles. The summed E-state index contributed by atoms with van der Waals surface area (Å²) in [5.41, 5.74) is 10.1. The predicted molar refractivity (Wildman–Crippen MR) is 91.0 cm³/mol. The summed E-state index contributed by atoms with van der Waals surface area (Å²) < 4.78 is 5.88. The van der Waals surface area contributed by atoms with Crippen molar-refractivity contribution in [1.29, 1.82) is 0 Å². The van der Waals surface area contributed by atoms with Crippen LogP contribution in [0.1, 0.15) is 5.56 Å². The summed E-state index contributed by atoms with van der Waals surface area (Å²) in [6.07, 6.45) is 4.01. The Morgan fingerprint density at radius 1 is 1.14 bits per heavy atom. The number of aliphatic imine (C=N–C) groups is 1. The van der Waals surface area contributed by atoms with Crippen molar-refractivity contribution in [2.45, 2.75) is 11.5 Å². The highest BCUT2D eigenvalue weighted by molar-refractivity contribution is 8.46. The van der Waals surface area contributed by atoms with Crippen LogP contribution in [0.2, 0.25) is 0 Å². The van der Waals surface area contributed by atoms with E-state index in [4.69, 9.17) is 10.5 Å². The molecule has 0 aliphatic carbocycles. The van der Waals surface area contributed by atoms with E-state index in [0.717, 1.165) is 21.9 Å². The van der Waals surface area contributed by atoms with E-state index in [9.17, 15) is 0 Å². The Morgan fingerprint density at radius 3 is 2.67 bits per heavy atom. The smallest absolute Gasteiger partial charge is 0.121 e. The molecule has 0 fully saturated rings. The summed E-state index contributed by atoms with van der Waals surface area (Å²) in [6.45, 7) is 0.556. The lowest BCUT2D eigenvalue weighted by molar-refractivity contribution is 0.305. The molecule has 108 valence electrons. The van der Waals surface area contributed by atoms with Crippen molar-refractivity contribution in [3.8, 4) is 5.75 Å². The molecule has 2 aromatic carbocycles. The molecule has 3 nitrogen and oxygen atoms in total. The zero-order chi connectivity index (χ0) is 14.7. The molecule has 0 radical (unpaired) electrons. The van der Waals surface area contributed by atoms with Gasteiger partial charge >= 0.3 is 0 Å². The molecule has 1 atom stereocenters. The molecule has 1 aliphatic rings. The fraction of sp³-hybridized carbons (Fsp3) is 0.118. The first kappa shape index (κ1) is 13.8. The molecule has 0 spiro atoms. The Kier molecular flexibility index (Phi) is 3.71. The molecule has 1 unspecified atom stereocenters. The molecule has 2 aromatic rings. The van der Waals surface area contributed by atoms with Gasteiger partial charge in [0.15, 0.2) is 0 Å². The lowest BCUT2D eigenvalue weighted by Crippen LogP contribution is -2.01. The second-order valence-electron chi connectivity index (χ2n) is 5.06. The maximum atomic E-state index is 6.13. The number of nitrogen functional groups attached to an aromatic ring is 1. The van der Waals surface area contributed by atoms with Crippen LogP contribution in [-0.2, 0) is 6.61 Å². The van der Waals surface area contributed by atoms with E-state index in [1.165, 1.54) is 0 Å². The molecule has 4 heteroatoms. The van der Waals surface area contributed by atoms with Crippen LogP contribution in [0.3, 0.4) is 0 Å². The molecule has 0 amide bonds. The third-order valence-corrected chi connectivity index (χ3v) is 5.96. The van der Waals surface area contributed by atoms with Gasteiger partial charge < -0.3 is 10.5 Å². The summed E-state index contributed by atoms with van der Waals surface area (Å²) in [5, 5.41) is 2.12. The summed E-state index contributed by atoms with van der Waals surface area (Å²) in [4.78, 5) is 5.31. The van der Waals surface area contributed by atoms with E-state index < -0.39 is 10.0 Å². The van der Waals surface area contributed by atoms with Gasteiger partial charge in [-0.25, -0.2) is 0 Å². The molecule has 2 N–H and O–H groups in total. The SMILES string of the molecule is CS1(c2cc(OCc3ccccc3)ccc2N)C=CN=C1. The monoisotopic (exact) mass is 298 g/mol. The fourth-order valence-corrected chi connectivity index (χ4v) is 4.14. The third-order valence-electron chi connectivity index (χ3n) is 3.42. The van der Waals surface area contributed by atoms with E-state index in [1.807, 2.05) is 48.1 Å². The van der Waals surface area contributed by atoms with Gasteiger partial charge in [-0.1, -0.05) is 30.3 Å². The van der Waals surface area contributed by atoms with Gasteiger partial charge in [-0.2, -0.15) is 10.0 Å². The molecule has 0 bridgehead atoms. The highest BCUT2D eigenvalue weighted by atomic mass is 32.3. The Morgan fingerprint density at radius 2 is 1.95 bits per heavy atom. The van der Waals surface area contributed by atoms with Crippen molar-refractivity contribution < 1.29 is 4.74 Å². The zero-order valence-corrected chi connectivity index (χ0v) is 12.7. The van der Waals surface area contributed by atoms with Crippen molar-refractivity contribution in [2.24, 2.45) is 4.99 Å². The van der Waals surface area contributed by atoms with Gasteiger partial charge in [0.05, 0.1) is 5.55 Å². The Hall–Kier alpha value is -2.20. The highest BCUT2D eigenvalue weighted by Crippen LogP contribution is 2.56. The summed E-state index contributed by atoms with van der Waals surface area (Å²) in [5.74, 6) is 0.838. The molecule has 0 aromatic heterocycles. The highest BCUT2D eigenvalue weighted by Gasteiger charge is 2.21. The molecule has 0 saturated carbocycles. The van der Waals surface area contributed by atoms with Crippen LogP contribution in [0.4, 0.5) is 5.69 Å². The van der Waals surface area contributed by atoms with Gasteiger partial charge in [-0.05, 0) is 35.4 Å². The topological polar surface area (TPSA) is 47.6 Å². The standard InChI is InChI=1S/C17H18N2OS/c1-21(10-9-19-13-21)17-11-15(7-8-16(17)18)20-12-14-5-3-2-4-6-14/h2-11,13H,12,18H2,1H3. The largest absolute Gasteiger partial charge is 0.489 e. The zero-order valence-electron chi connectivity index (χ0n) is 11.9. The van der Waals surface area contributed by atoms with Gasteiger partial charge in [0, 0.05) is 16.8 Å². The second kappa shape index (κ2) is 5.66. The Balaban J connectivity index is 1.81. The van der Waals surface area contributed by atoms with Gasteiger partial charge in [0.25, 0.3) is 0 Å². The van der Waals surface area contributed by atoms with Crippen molar-refractivity contribution in [3.63, 3.8) is 0 Å². The van der Waals surface area contributed by atoms with E-state index >= 15 is 0 Å². The van der Waals surface area contributed by atoms with E-state index in [2.05, 4.69) is 28.8 Å². The van der Waals surface area contributed by atoms with Crippen LogP contribution in [0.15, 0.2) is 70.0 Å². The number of hydrogen-bond acceptors (Lipinski definition) is 3. The van der Waals surface area contributed by atoms with E-state index in [-0.39, 0.29) is 0 Å². The third kappa shape index (κ3) is 2.95. The molecule has 3 rings (SSSR count). The van der Waals surface area contributed by atoms with E-state index in [0.29, 0.717) is 6.61 Å². The van der Waals surface area contributed by atoms with Gasteiger partial charge in [0.2, 0.25) is 0 Å². The predicted octanol–water partition coefficient (Wildman–Crippen LogP) is 4.15. The summed E-state index contributed by atoms with van der Waals surface area (Å²) >= 11 is 0. The van der Waals surface area contributed by atoms with Crippen LogP contribution in [0, 0.1) is 0 Å². The number of anilines is 1. The van der Waals surface area contributed by atoms with Crippen LogP contribution in [0.5, 0.6) is 5.75 Å². The summed E-state index contributed by atoms with van der Waals surface area (Å²) in [6, 6.07) is 16.0. The van der Waals surface area contributed by atoms with Crippen LogP contribution in [-0.4, -0.2) is 11.8 Å². The van der Waals surface area contributed by atoms with Crippen LogP contribution >= 0.6 is 10.0 Å². The minimum Gasteiger partial charge on any atom is -0.489 e. The van der Waals surface area contributed by atoms with Crippen LogP contribution < -0.4 is 10.5 Å².